The van der Waals surface area contributed by atoms with Gasteiger partial charge in [-0.05, 0) is 38.8 Å². The van der Waals surface area contributed by atoms with Crippen molar-refractivity contribution >= 4 is 18.3 Å². The largest absolute Gasteiger partial charge is 0.353 e. The summed E-state index contributed by atoms with van der Waals surface area (Å²) >= 11 is 0. The number of rotatable bonds is 2. The molecule has 1 saturated carbocycles. The van der Waals surface area contributed by atoms with Crippen LogP contribution in [0.2, 0.25) is 0 Å². The maximum atomic E-state index is 11.5. The van der Waals surface area contributed by atoms with Crippen molar-refractivity contribution in [3.05, 3.63) is 0 Å². The lowest BCUT2D eigenvalue weighted by molar-refractivity contribution is -0.125. The molecular weight excluding hydrogens is 188 g/mol. The highest BCUT2D eigenvalue weighted by atomic mass is 35.5. The summed E-state index contributed by atoms with van der Waals surface area (Å²) < 4.78 is 0. The molecule has 2 fully saturated rings. The highest BCUT2D eigenvalue weighted by Gasteiger charge is 2.27. The fourth-order valence-corrected chi connectivity index (χ4v) is 1.63. The minimum Gasteiger partial charge on any atom is -0.353 e. The monoisotopic (exact) mass is 204 g/mol. The zero-order valence-electron chi connectivity index (χ0n) is 7.71. The van der Waals surface area contributed by atoms with E-state index in [0.29, 0.717) is 11.9 Å². The second kappa shape index (κ2) is 4.82. The second-order valence-electron chi connectivity index (χ2n) is 3.81. The predicted molar refractivity (Wildman–Crippen MR) is 54.0 cm³/mol. The summed E-state index contributed by atoms with van der Waals surface area (Å²) in [5.41, 5.74) is 0. The fraction of sp³-hybridized carbons (Fsp3) is 0.889. The fourth-order valence-electron chi connectivity index (χ4n) is 1.63. The van der Waals surface area contributed by atoms with Gasteiger partial charge in [0.25, 0.3) is 0 Å². The molecule has 3 nitrogen and oxygen atoms in total. The molecule has 2 N–H and O–H groups in total. The van der Waals surface area contributed by atoms with Gasteiger partial charge in [0.1, 0.15) is 0 Å². The topological polar surface area (TPSA) is 41.1 Å². The third-order valence-corrected chi connectivity index (χ3v) is 2.63. The number of carbonyl (C=O) groups is 1. The van der Waals surface area contributed by atoms with E-state index in [2.05, 4.69) is 10.6 Å². The van der Waals surface area contributed by atoms with Gasteiger partial charge in [0.15, 0.2) is 0 Å². The highest BCUT2D eigenvalue weighted by molar-refractivity contribution is 5.85. The van der Waals surface area contributed by atoms with Gasteiger partial charge < -0.3 is 10.6 Å². The minimum atomic E-state index is 0. The zero-order chi connectivity index (χ0) is 8.39. The van der Waals surface area contributed by atoms with Crippen LogP contribution in [0.4, 0.5) is 0 Å². The maximum Gasteiger partial charge on any atom is 0.223 e. The smallest absolute Gasteiger partial charge is 0.223 e. The molecule has 0 radical (unpaired) electrons. The van der Waals surface area contributed by atoms with Crippen molar-refractivity contribution in [1.29, 1.82) is 0 Å². The number of carbonyl (C=O) groups excluding carboxylic acids is 1. The van der Waals surface area contributed by atoms with Gasteiger partial charge in [-0.1, -0.05) is 0 Å². The Hall–Kier alpha value is -0.280. The number of nitrogens with one attached hydrogen (secondary N) is 2. The van der Waals surface area contributed by atoms with E-state index in [4.69, 9.17) is 0 Å². The number of piperidine rings is 1. The molecule has 2 rings (SSSR count). The third kappa shape index (κ3) is 3.16. The first-order valence-electron chi connectivity index (χ1n) is 4.87. The van der Waals surface area contributed by atoms with Crippen LogP contribution in [0.5, 0.6) is 0 Å². The molecule has 0 atom stereocenters. The summed E-state index contributed by atoms with van der Waals surface area (Å²) in [6, 6.07) is 0.521. The summed E-state index contributed by atoms with van der Waals surface area (Å²) in [4.78, 5) is 11.5. The first-order valence-corrected chi connectivity index (χ1v) is 4.87. The molecule has 1 saturated heterocycles. The normalized spacial score (nSPS) is 23.4. The summed E-state index contributed by atoms with van der Waals surface area (Å²) in [5.74, 6) is 0.575. The van der Waals surface area contributed by atoms with Crippen LogP contribution in [-0.4, -0.2) is 25.0 Å². The zero-order valence-corrected chi connectivity index (χ0v) is 8.53. The Kier molecular flexibility index (Phi) is 4.00. The van der Waals surface area contributed by atoms with E-state index < -0.39 is 0 Å². The minimum absolute atomic E-state index is 0. The Balaban J connectivity index is 0.000000845. The average molecular weight is 205 g/mol. The quantitative estimate of drug-likeness (QED) is 0.695. The number of amides is 1. The summed E-state index contributed by atoms with van der Waals surface area (Å²) in [6.45, 7) is 2.01. The molecule has 0 aromatic carbocycles. The lowest BCUT2D eigenvalue weighted by Crippen LogP contribution is -2.38. The second-order valence-corrected chi connectivity index (χ2v) is 3.81. The third-order valence-electron chi connectivity index (χ3n) is 2.63. The molecule has 1 aliphatic carbocycles. The van der Waals surface area contributed by atoms with E-state index in [-0.39, 0.29) is 18.3 Å². The molecule has 1 aliphatic heterocycles. The van der Waals surface area contributed by atoms with Crippen LogP contribution in [0.1, 0.15) is 25.7 Å². The van der Waals surface area contributed by atoms with Crippen LogP contribution in [0.15, 0.2) is 0 Å². The molecule has 0 spiro atoms. The first-order chi connectivity index (χ1) is 5.86. The van der Waals surface area contributed by atoms with Crippen molar-refractivity contribution in [1.82, 2.24) is 10.6 Å². The molecule has 0 unspecified atom stereocenters. The Morgan fingerprint density at radius 3 is 2.31 bits per heavy atom. The maximum absolute atomic E-state index is 11.5. The van der Waals surface area contributed by atoms with E-state index in [0.717, 1.165) is 25.9 Å². The molecule has 13 heavy (non-hydrogen) atoms. The molecule has 2 aliphatic rings. The Labute approximate surface area is 85.1 Å². The lowest BCUT2D eigenvalue weighted by Gasteiger charge is -2.21. The molecule has 0 aromatic rings. The highest BCUT2D eigenvalue weighted by Crippen LogP contribution is 2.20. The number of halogens is 1. The summed E-state index contributed by atoms with van der Waals surface area (Å²) in [5, 5.41) is 6.32. The van der Waals surface area contributed by atoms with Gasteiger partial charge in [0, 0.05) is 12.0 Å². The number of hydrogen-bond acceptors (Lipinski definition) is 2. The van der Waals surface area contributed by atoms with Gasteiger partial charge in [-0.3, -0.25) is 4.79 Å². The van der Waals surface area contributed by atoms with Gasteiger partial charge in [0.05, 0.1) is 0 Å². The SMILES string of the molecule is Cl.O=C(NC1CC1)C1CCNCC1. The Morgan fingerprint density at radius 1 is 1.15 bits per heavy atom. The van der Waals surface area contributed by atoms with Crippen molar-refractivity contribution in [3.63, 3.8) is 0 Å². The van der Waals surface area contributed by atoms with Gasteiger partial charge in [-0.15, -0.1) is 12.4 Å². The van der Waals surface area contributed by atoms with Gasteiger partial charge >= 0.3 is 0 Å². The standard InChI is InChI=1S/C9H16N2O.ClH/c12-9(11-8-1-2-8)7-3-5-10-6-4-7;/h7-8,10H,1-6H2,(H,11,12);1H. The van der Waals surface area contributed by atoms with Gasteiger partial charge in [0.2, 0.25) is 5.91 Å². The predicted octanol–water partition coefficient (Wildman–Crippen LogP) is 0.686. The van der Waals surface area contributed by atoms with Crippen molar-refractivity contribution in [2.75, 3.05) is 13.1 Å². The Morgan fingerprint density at radius 2 is 1.77 bits per heavy atom. The van der Waals surface area contributed by atoms with Crippen molar-refractivity contribution in [2.45, 2.75) is 31.7 Å². The van der Waals surface area contributed by atoms with E-state index in [9.17, 15) is 4.79 Å². The van der Waals surface area contributed by atoms with Gasteiger partial charge in [-0.25, -0.2) is 0 Å². The lowest BCUT2D eigenvalue weighted by atomic mass is 9.97. The first kappa shape index (κ1) is 10.8. The molecule has 1 heterocycles. The van der Waals surface area contributed by atoms with E-state index in [1.165, 1.54) is 12.8 Å². The average Bonchev–Trinajstić information content (AvgIpc) is 2.90. The van der Waals surface area contributed by atoms with Crippen LogP contribution in [-0.2, 0) is 4.79 Å². The molecule has 0 bridgehead atoms. The van der Waals surface area contributed by atoms with Crippen LogP contribution >= 0.6 is 12.4 Å². The summed E-state index contributed by atoms with van der Waals surface area (Å²) in [7, 11) is 0. The van der Waals surface area contributed by atoms with E-state index in [1.54, 1.807) is 0 Å². The van der Waals surface area contributed by atoms with E-state index >= 15 is 0 Å². The van der Waals surface area contributed by atoms with Crippen molar-refractivity contribution in [2.24, 2.45) is 5.92 Å². The molecular formula is C9H17ClN2O. The Bertz CT molecular complexity index is 176. The van der Waals surface area contributed by atoms with Crippen LogP contribution < -0.4 is 10.6 Å². The van der Waals surface area contributed by atoms with Crippen molar-refractivity contribution < 1.29 is 4.79 Å². The summed E-state index contributed by atoms with van der Waals surface area (Å²) in [6.07, 6.45) is 4.41. The van der Waals surface area contributed by atoms with E-state index in [1.807, 2.05) is 0 Å². The molecule has 4 heteroatoms. The molecule has 76 valence electrons. The number of hydrogen-bond donors (Lipinski definition) is 2. The molecule has 1 amide bonds. The van der Waals surface area contributed by atoms with Crippen LogP contribution in [0.3, 0.4) is 0 Å². The van der Waals surface area contributed by atoms with Crippen LogP contribution in [0.25, 0.3) is 0 Å². The van der Waals surface area contributed by atoms with Crippen LogP contribution in [0, 0.1) is 5.92 Å². The van der Waals surface area contributed by atoms with Gasteiger partial charge in [-0.2, -0.15) is 0 Å². The van der Waals surface area contributed by atoms with Crippen molar-refractivity contribution in [3.8, 4) is 0 Å². The molecule has 0 aromatic heterocycles.